The highest BCUT2D eigenvalue weighted by Crippen LogP contribution is 2.07. The zero-order valence-electron chi connectivity index (χ0n) is 11.1. The van der Waals surface area contributed by atoms with Crippen molar-refractivity contribution in [2.24, 2.45) is 0 Å². The van der Waals surface area contributed by atoms with E-state index in [1.165, 1.54) is 4.40 Å². The molecule has 8 nitrogen and oxygen atoms in total. The quantitative estimate of drug-likeness (QED) is 0.657. The molecule has 0 amide bonds. The number of aromatic amines is 1. The summed E-state index contributed by atoms with van der Waals surface area (Å²) in [5, 5.41) is 13.7. The first-order valence-electron chi connectivity index (χ1n) is 6.40. The van der Waals surface area contributed by atoms with E-state index in [1.54, 1.807) is 19.2 Å². The van der Waals surface area contributed by atoms with Crippen LogP contribution in [0.5, 0.6) is 0 Å². The lowest BCUT2D eigenvalue weighted by atomic mass is 10.4. The highest BCUT2D eigenvalue weighted by atomic mass is 16.1. The fourth-order valence-electron chi connectivity index (χ4n) is 2.08. The number of aryl methyl sites for hydroxylation is 2. The third-order valence-electron chi connectivity index (χ3n) is 3.00. The minimum atomic E-state index is -0.268. The second-order valence-electron chi connectivity index (χ2n) is 4.46. The van der Waals surface area contributed by atoms with Gasteiger partial charge in [-0.05, 0) is 19.4 Å². The molecule has 20 heavy (non-hydrogen) atoms. The Morgan fingerprint density at radius 1 is 1.45 bits per heavy atom. The van der Waals surface area contributed by atoms with E-state index < -0.39 is 0 Å². The molecule has 3 rings (SSSR count). The Morgan fingerprint density at radius 3 is 3.15 bits per heavy atom. The summed E-state index contributed by atoms with van der Waals surface area (Å²) >= 11 is 0. The van der Waals surface area contributed by atoms with Crippen molar-refractivity contribution in [2.45, 2.75) is 19.9 Å². The first-order valence-corrected chi connectivity index (χ1v) is 6.40. The Hall–Kier alpha value is -2.64. The van der Waals surface area contributed by atoms with Gasteiger partial charge in [0.25, 0.3) is 0 Å². The number of nitrogens with one attached hydrogen (secondary N) is 2. The number of aromatic nitrogens is 6. The standard InChI is InChI=1S/C12H15N7O/c1-9-15-10(8-11-16-17-12(20)19(9)11)13-4-2-6-18-7-3-5-14-18/h3,5,7-8,13H,2,4,6H2,1H3,(H,17,20). The van der Waals surface area contributed by atoms with Gasteiger partial charge >= 0.3 is 5.69 Å². The summed E-state index contributed by atoms with van der Waals surface area (Å²) in [4.78, 5) is 15.8. The number of rotatable bonds is 5. The van der Waals surface area contributed by atoms with Crippen molar-refractivity contribution in [3.8, 4) is 0 Å². The molecule has 3 heterocycles. The largest absolute Gasteiger partial charge is 0.370 e. The van der Waals surface area contributed by atoms with Gasteiger partial charge in [-0.25, -0.2) is 19.3 Å². The molecular weight excluding hydrogens is 258 g/mol. The molecule has 0 atom stereocenters. The third kappa shape index (κ3) is 2.40. The minimum absolute atomic E-state index is 0.268. The van der Waals surface area contributed by atoms with Crippen molar-refractivity contribution in [3.63, 3.8) is 0 Å². The smallest absolute Gasteiger partial charge is 0.349 e. The zero-order valence-corrected chi connectivity index (χ0v) is 11.1. The monoisotopic (exact) mass is 273 g/mol. The number of hydrogen-bond acceptors (Lipinski definition) is 5. The summed E-state index contributed by atoms with van der Waals surface area (Å²) in [5.41, 5.74) is 0.298. The van der Waals surface area contributed by atoms with E-state index in [4.69, 9.17) is 0 Å². The van der Waals surface area contributed by atoms with Gasteiger partial charge in [-0.3, -0.25) is 4.68 Å². The minimum Gasteiger partial charge on any atom is -0.370 e. The van der Waals surface area contributed by atoms with Crippen LogP contribution in [0, 0.1) is 6.92 Å². The van der Waals surface area contributed by atoms with E-state index in [0.717, 1.165) is 25.3 Å². The molecule has 0 aromatic carbocycles. The third-order valence-corrected chi connectivity index (χ3v) is 3.00. The zero-order chi connectivity index (χ0) is 13.9. The number of anilines is 1. The number of nitrogens with zero attached hydrogens (tertiary/aromatic N) is 5. The van der Waals surface area contributed by atoms with Crippen LogP contribution in [0.15, 0.2) is 29.3 Å². The molecule has 0 saturated carbocycles. The molecule has 0 aliphatic carbocycles. The molecule has 104 valence electrons. The van der Waals surface area contributed by atoms with Crippen LogP contribution in [0.25, 0.3) is 5.65 Å². The van der Waals surface area contributed by atoms with Gasteiger partial charge in [-0.1, -0.05) is 0 Å². The van der Waals surface area contributed by atoms with Gasteiger partial charge in [-0.2, -0.15) is 10.2 Å². The van der Waals surface area contributed by atoms with Gasteiger partial charge in [0.2, 0.25) is 0 Å². The van der Waals surface area contributed by atoms with Crippen LogP contribution in [0.3, 0.4) is 0 Å². The van der Waals surface area contributed by atoms with Crippen molar-refractivity contribution in [1.29, 1.82) is 0 Å². The first-order chi connectivity index (χ1) is 9.74. The van der Waals surface area contributed by atoms with E-state index in [0.29, 0.717) is 11.5 Å². The van der Waals surface area contributed by atoms with Gasteiger partial charge in [0.15, 0.2) is 5.65 Å². The van der Waals surface area contributed by atoms with Crippen molar-refractivity contribution >= 4 is 11.5 Å². The molecule has 0 saturated heterocycles. The Labute approximate surface area is 114 Å². The van der Waals surface area contributed by atoms with Crippen LogP contribution in [-0.2, 0) is 6.54 Å². The van der Waals surface area contributed by atoms with Crippen LogP contribution in [-0.4, -0.2) is 35.9 Å². The topological polar surface area (TPSA) is 92.9 Å². The van der Waals surface area contributed by atoms with Crippen molar-refractivity contribution in [1.82, 2.24) is 29.4 Å². The van der Waals surface area contributed by atoms with Gasteiger partial charge in [0.05, 0.1) is 0 Å². The SMILES string of the molecule is Cc1nc(NCCCn2cccn2)cc2n[nH]c(=O)n12. The molecule has 0 radical (unpaired) electrons. The summed E-state index contributed by atoms with van der Waals surface area (Å²) in [6.45, 7) is 3.40. The van der Waals surface area contributed by atoms with Gasteiger partial charge in [0, 0.05) is 31.5 Å². The van der Waals surface area contributed by atoms with Crippen molar-refractivity contribution in [2.75, 3.05) is 11.9 Å². The summed E-state index contributed by atoms with van der Waals surface area (Å²) in [6, 6.07) is 3.65. The molecule has 2 N–H and O–H groups in total. The lowest BCUT2D eigenvalue weighted by molar-refractivity contribution is 0.591. The summed E-state index contributed by atoms with van der Waals surface area (Å²) in [6.07, 6.45) is 4.63. The van der Waals surface area contributed by atoms with Gasteiger partial charge in [-0.15, -0.1) is 0 Å². The molecule has 0 fully saturated rings. The fourth-order valence-corrected chi connectivity index (χ4v) is 2.08. The number of hydrogen-bond donors (Lipinski definition) is 2. The highest BCUT2D eigenvalue weighted by molar-refractivity contribution is 5.49. The van der Waals surface area contributed by atoms with E-state index in [1.807, 2.05) is 16.9 Å². The Kier molecular flexibility index (Phi) is 3.20. The molecule has 0 spiro atoms. The molecule has 3 aromatic heterocycles. The molecule has 0 unspecified atom stereocenters. The lowest BCUT2D eigenvalue weighted by Crippen LogP contribution is -2.14. The maximum atomic E-state index is 11.5. The van der Waals surface area contributed by atoms with Crippen LogP contribution in [0.2, 0.25) is 0 Å². The Morgan fingerprint density at radius 2 is 2.35 bits per heavy atom. The second kappa shape index (κ2) is 5.16. The number of fused-ring (bicyclic) bond motifs is 1. The maximum absolute atomic E-state index is 11.5. The summed E-state index contributed by atoms with van der Waals surface area (Å²) < 4.78 is 3.33. The fraction of sp³-hybridized carbons (Fsp3) is 0.333. The van der Waals surface area contributed by atoms with E-state index >= 15 is 0 Å². The van der Waals surface area contributed by atoms with Crippen LogP contribution in [0.1, 0.15) is 12.2 Å². The molecule has 0 aliphatic heterocycles. The average Bonchev–Trinajstić information content (AvgIpc) is 3.05. The summed E-state index contributed by atoms with van der Waals surface area (Å²) in [5.74, 6) is 1.32. The van der Waals surface area contributed by atoms with Crippen LogP contribution in [0.4, 0.5) is 5.82 Å². The molecule has 0 bridgehead atoms. The first kappa shape index (κ1) is 12.4. The molecular formula is C12H15N7O. The molecule has 8 heteroatoms. The second-order valence-corrected chi connectivity index (χ2v) is 4.46. The van der Waals surface area contributed by atoms with E-state index in [9.17, 15) is 4.79 Å². The normalized spacial score (nSPS) is 11.1. The molecule has 3 aromatic rings. The predicted octanol–water partition coefficient (Wildman–Crippen LogP) is 0.425. The predicted molar refractivity (Wildman–Crippen MR) is 73.7 cm³/mol. The highest BCUT2D eigenvalue weighted by Gasteiger charge is 2.06. The van der Waals surface area contributed by atoms with E-state index in [-0.39, 0.29) is 5.69 Å². The maximum Gasteiger partial charge on any atom is 0.349 e. The summed E-state index contributed by atoms with van der Waals surface area (Å²) in [7, 11) is 0. The van der Waals surface area contributed by atoms with Gasteiger partial charge in [0.1, 0.15) is 11.6 Å². The van der Waals surface area contributed by atoms with Crippen molar-refractivity contribution in [3.05, 3.63) is 40.8 Å². The molecule has 0 aliphatic rings. The van der Waals surface area contributed by atoms with Gasteiger partial charge < -0.3 is 5.32 Å². The number of H-pyrrole nitrogens is 1. The van der Waals surface area contributed by atoms with E-state index in [2.05, 4.69) is 25.6 Å². The Bertz CT molecular complexity index is 756. The van der Waals surface area contributed by atoms with Crippen LogP contribution < -0.4 is 11.0 Å². The van der Waals surface area contributed by atoms with Crippen molar-refractivity contribution < 1.29 is 0 Å². The van der Waals surface area contributed by atoms with Crippen LogP contribution >= 0.6 is 0 Å². The average molecular weight is 273 g/mol. The lowest BCUT2D eigenvalue weighted by Gasteiger charge is -2.07. The Balaban J connectivity index is 1.64.